The van der Waals surface area contributed by atoms with Gasteiger partial charge in [0.05, 0.1) is 11.2 Å². The second kappa shape index (κ2) is 7.64. The van der Waals surface area contributed by atoms with Gasteiger partial charge in [-0.2, -0.15) is 8.42 Å². The molecule has 1 aliphatic heterocycles. The molecule has 0 aromatic carbocycles. The fraction of sp³-hybridized carbons (Fsp3) is 0.333. The number of pyridine rings is 2. The SMILES string of the molecule is O=S(=O)(O)C1O[C@@H](Oc2cncc(-c3cncc(Cl)c3)c2)[C@H](O)[C@@H](O)[C@@H]1O. The summed E-state index contributed by atoms with van der Waals surface area (Å²) in [6.45, 7) is 0. The molecule has 0 radical (unpaired) electrons. The lowest BCUT2D eigenvalue weighted by molar-refractivity contribution is -0.254. The van der Waals surface area contributed by atoms with Crippen molar-refractivity contribution in [2.75, 3.05) is 0 Å². The highest BCUT2D eigenvalue weighted by Gasteiger charge is 2.50. The smallest absolute Gasteiger partial charge is 0.295 e. The zero-order valence-corrected chi connectivity index (χ0v) is 15.0. The Morgan fingerprint density at radius 3 is 2.22 bits per heavy atom. The molecule has 4 N–H and O–H groups in total. The molecule has 3 heterocycles. The average Bonchev–Trinajstić information content (AvgIpc) is 2.61. The van der Waals surface area contributed by atoms with Crippen molar-refractivity contribution in [2.45, 2.75) is 30.0 Å². The summed E-state index contributed by atoms with van der Waals surface area (Å²) in [5.74, 6) is 0.0641. The van der Waals surface area contributed by atoms with Gasteiger partial charge in [-0.25, -0.2) is 0 Å². The maximum Gasteiger partial charge on any atom is 0.295 e. The first-order valence-corrected chi connectivity index (χ1v) is 9.43. The standard InChI is InChI=1S/C15H15ClN2O8S/c16-9-1-7(3-17-5-9)8-2-10(6-18-4-8)25-14-12(20)11(19)13(21)15(26-14)27(22,23)24/h1-6,11-15,19-21H,(H,22,23,24)/t11-,12-,13+,14-,15?/m1/s1. The maximum absolute atomic E-state index is 11.3. The van der Waals surface area contributed by atoms with Crippen LogP contribution in [0.5, 0.6) is 5.75 Å². The van der Waals surface area contributed by atoms with Gasteiger partial charge in [0.1, 0.15) is 24.1 Å². The van der Waals surface area contributed by atoms with E-state index in [1.807, 2.05) is 0 Å². The van der Waals surface area contributed by atoms with Crippen molar-refractivity contribution in [1.82, 2.24) is 9.97 Å². The summed E-state index contributed by atoms with van der Waals surface area (Å²) < 4.78 is 42.0. The number of nitrogens with zero attached hydrogens (tertiary/aromatic N) is 2. The van der Waals surface area contributed by atoms with E-state index in [9.17, 15) is 23.7 Å². The molecular formula is C15H15ClN2O8S. The maximum atomic E-state index is 11.3. The van der Waals surface area contributed by atoms with Crippen LogP contribution in [0.25, 0.3) is 11.1 Å². The molecule has 3 rings (SSSR count). The summed E-state index contributed by atoms with van der Waals surface area (Å²) in [5, 5.41) is 29.9. The molecule has 1 fully saturated rings. The Kier molecular flexibility index (Phi) is 5.63. The number of hydrogen-bond acceptors (Lipinski definition) is 9. The molecule has 0 bridgehead atoms. The van der Waals surface area contributed by atoms with E-state index in [2.05, 4.69) is 9.97 Å². The molecule has 27 heavy (non-hydrogen) atoms. The zero-order valence-electron chi connectivity index (χ0n) is 13.5. The zero-order chi connectivity index (χ0) is 19.8. The first-order valence-electron chi connectivity index (χ1n) is 7.55. The van der Waals surface area contributed by atoms with Crippen LogP contribution in [-0.2, 0) is 14.9 Å². The molecule has 0 aliphatic carbocycles. The Bertz CT molecular complexity index is 928. The third-order valence-electron chi connectivity index (χ3n) is 3.82. The fourth-order valence-electron chi connectivity index (χ4n) is 2.51. The summed E-state index contributed by atoms with van der Waals surface area (Å²) in [6, 6.07) is 3.13. The van der Waals surface area contributed by atoms with Crippen molar-refractivity contribution in [2.24, 2.45) is 0 Å². The van der Waals surface area contributed by atoms with Crippen molar-refractivity contribution in [1.29, 1.82) is 0 Å². The number of ether oxygens (including phenoxy) is 2. The monoisotopic (exact) mass is 418 g/mol. The van der Waals surface area contributed by atoms with E-state index in [4.69, 9.17) is 25.6 Å². The minimum atomic E-state index is -4.87. The minimum Gasteiger partial charge on any atom is -0.460 e. The normalized spacial score (nSPS) is 28.7. The summed E-state index contributed by atoms with van der Waals surface area (Å²) in [6.07, 6.45) is -1.71. The van der Waals surface area contributed by atoms with Gasteiger partial charge < -0.3 is 24.8 Å². The lowest BCUT2D eigenvalue weighted by atomic mass is 10.1. The number of halogens is 1. The molecule has 1 saturated heterocycles. The van der Waals surface area contributed by atoms with Crippen LogP contribution in [-0.4, -0.2) is 68.3 Å². The summed E-state index contributed by atoms with van der Waals surface area (Å²) in [5.41, 5.74) is -1.01. The third-order valence-corrected chi connectivity index (χ3v) is 5.01. The van der Waals surface area contributed by atoms with Crippen LogP contribution in [0.15, 0.2) is 36.9 Å². The van der Waals surface area contributed by atoms with E-state index >= 15 is 0 Å². The summed E-state index contributed by atoms with van der Waals surface area (Å²) >= 11 is 5.90. The average molecular weight is 419 g/mol. The highest BCUT2D eigenvalue weighted by Crippen LogP contribution is 2.29. The summed E-state index contributed by atoms with van der Waals surface area (Å²) in [7, 11) is -4.87. The second-order valence-corrected chi connectivity index (χ2v) is 7.71. The molecular weight excluding hydrogens is 404 g/mol. The van der Waals surface area contributed by atoms with Crippen LogP contribution in [0.3, 0.4) is 0 Å². The first-order chi connectivity index (χ1) is 12.7. The predicted octanol–water partition coefficient (Wildman–Crippen LogP) is -0.171. The molecule has 12 heteroatoms. The number of rotatable bonds is 4. The Morgan fingerprint density at radius 1 is 0.963 bits per heavy atom. The Labute approximate surface area is 158 Å². The number of aliphatic hydroxyl groups is 3. The van der Waals surface area contributed by atoms with E-state index in [-0.39, 0.29) is 5.75 Å². The van der Waals surface area contributed by atoms with E-state index in [1.165, 1.54) is 30.9 Å². The van der Waals surface area contributed by atoms with Gasteiger partial charge in [0.15, 0.2) is 0 Å². The number of aromatic nitrogens is 2. The molecule has 146 valence electrons. The topological polar surface area (TPSA) is 159 Å². The molecule has 1 aliphatic rings. The first kappa shape index (κ1) is 19.9. The minimum absolute atomic E-state index is 0.0641. The fourth-order valence-corrected chi connectivity index (χ4v) is 3.44. The van der Waals surface area contributed by atoms with Crippen LogP contribution in [0, 0.1) is 0 Å². The van der Waals surface area contributed by atoms with E-state index < -0.39 is 40.2 Å². The number of hydrogen-bond donors (Lipinski definition) is 4. The molecule has 5 atom stereocenters. The molecule has 2 aromatic rings. The van der Waals surface area contributed by atoms with Gasteiger partial charge in [-0.05, 0) is 12.1 Å². The van der Waals surface area contributed by atoms with Crippen LogP contribution in [0.1, 0.15) is 0 Å². The van der Waals surface area contributed by atoms with Gasteiger partial charge in [0, 0.05) is 29.7 Å². The highest BCUT2D eigenvalue weighted by atomic mass is 35.5. The largest absolute Gasteiger partial charge is 0.460 e. The van der Waals surface area contributed by atoms with E-state index in [0.717, 1.165) is 0 Å². The Morgan fingerprint density at radius 2 is 1.59 bits per heavy atom. The highest BCUT2D eigenvalue weighted by molar-refractivity contribution is 7.86. The second-order valence-electron chi connectivity index (χ2n) is 5.78. The summed E-state index contributed by atoms with van der Waals surface area (Å²) in [4.78, 5) is 7.92. The lowest BCUT2D eigenvalue weighted by Crippen LogP contribution is -2.61. The van der Waals surface area contributed by atoms with Crippen molar-refractivity contribution in [3.05, 3.63) is 41.9 Å². The van der Waals surface area contributed by atoms with Crippen LogP contribution in [0.2, 0.25) is 5.02 Å². The molecule has 0 amide bonds. The number of aliphatic hydroxyl groups excluding tert-OH is 3. The van der Waals surface area contributed by atoms with Gasteiger partial charge in [0.25, 0.3) is 10.1 Å². The molecule has 1 unspecified atom stereocenters. The molecule has 2 aromatic heterocycles. The van der Waals surface area contributed by atoms with Crippen LogP contribution in [0.4, 0.5) is 0 Å². The van der Waals surface area contributed by atoms with Gasteiger partial charge in [-0.3, -0.25) is 14.5 Å². The van der Waals surface area contributed by atoms with Gasteiger partial charge >= 0.3 is 0 Å². The third kappa shape index (κ3) is 4.35. The molecule has 0 saturated carbocycles. The van der Waals surface area contributed by atoms with Crippen molar-refractivity contribution in [3.63, 3.8) is 0 Å². The van der Waals surface area contributed by atoms with E-state index in [1.54, 1.807) is 6.07 Å². The Balaban J connectivity index is 1.85. The van der Waals surface area contributed by atoms with Crippen LogP contribution < -0.4 is 4.74 Å². The quantitative estimate of drug-likeness (QED) is 0.491. The molecule has 0 spiro atoms. The van der Waals surface area contributed by atoms with Crippen molar-refractivity contribution in [3.8, 4) is 16.9 Å². The van der Waals surface area contributed by atoms with Crippen molar-refractivity contribution >= 4 is 21.7 Å². The van der Waals surface area contributed by atoms with Gasteiger partial charge in [-0.15, -0.1) is 0 Å². The van der Waals surface area contributed by atoms with Crippen LogP contribution >= 0.6 is 11.6 Å². The van der Waals surface area contributed by atoms with Crippen molar-refractivity contribution < 1.29 is 37.8 Å². The lowest BCUT2D eigenvalue weighted by Gasteiger charge is -2.38. The van der Waals surface area contributed by atoms with E-state index in [0.29, 0.717) is 16.1 Å². The Hall–Kier alpha value is -1.86. The van der Waals surface area contributed by atoms with Gasteiger partial charge in [0.2, 0.25) is 11.7 Å². The van der Waals surface area contributed by atoms with Gasteiger partial charge in [-0.1, -0.05) is 11.6 Å². The molecule has 10 nitrogen and oxygen atoms in total. The predicted molar refractivity (Wildman–Crippen MR) is 91.3 cm³/mol.